The number of hydrogen-bond acceptors (Lipinski definition) is 1. The van der Waals surface area contributed by atoms with E-state index in [2.05, 4.69) is 4.74 Å². The normalized spacial score (nSPS) is 10.9. The summed E-state index contributed by atoms with van der Waals surface area (Å²) in [6, 6.07) is 20.7. The van der Waals surface area contributed by atoms with Crippen molar-refractivity contribution in [3.8, 4) is 16.9 Å². The van der Waals surface area contributed by atoms with Gasteiger partial charge in [0.25, 0.3) is 0 Å². The zero-order chi connectivity index (χ0) is 13.9. The molecule has 0 aliphatic rings. The molecule has 3 heteroatoms. The van der Waals surface area contributed by atoms with Crippen molar-refractivity contribution in [1.82, 2.24) is 0 Å². The molecule has 3 aromatic carbocycles. The van der Waals surface area contributed by atoms with Crippen molar-refractivity contribution in [1.29, 1.82) is 0 Å². The third-order valence-corrected chi connectivity index (χ3v) is 3.16. The Labute approximate surface area is 115 Å². The predicted molar refractivity (Wildman–Crippen MR) is 76.0 cm³/mol. The van der Waals surface area contributed by atoms with E-state index in [1.165, 1.54) is 6.07 Å². The highest BCUT2D eigenvalue weighted by Crippen LogP contribution is 2.30. The summed E-state index contributed by atoms with van der Waals surface area (Å²) in [6.45, 7) is -2.81. The minimum absolute atomic E-state index is 0.172. The molecule has 0 N–H and O–H groups in total. The Balaban J connectivity index is 2.11. The number of halogens is 2. The number of fused-ring (bicyclic) bond motifs is 1. The van der Waals surface area contributed by atoms with Crippen molar-refractivity contribution >= 4 is 10.8 Å². The molecule has 0 heterocycles. The highest BCUT2D eigenvalue weighted by Gasteiger charge is 2.07. The zero-order valence-corrected chi connectivity index (χ0v) is 10.6. The summed E-state index contributed by atoms with van der Waals surface area (Å²) in [5, 5.41) is 2.20. The van der Waals surface area contributed by atoms with Gasteiger partial charge in [-0.3, -0.25) is 0 Å². The van der Waals surface area contributed by atoms with Crippen molar-refractivity contribution in [3.63, 3.8) is 0 Å². The van der Waals surface area contributed by atoms with Gasteiger partial charge in [0.05, 0.1) is 0 Å². The fourth-order valence-corrected chi connectivity index (χ4v) is 2.32. The van der Waals surface area contributed by atoms with E-state index in [4.69, 9.17) is 0 Å². The first-order chi connectivity index (χ1) is 9.74. The summed E-state index contributed by atoms with van der Waals surface area (Å²) >= 11 is 0. The Bertz CT molecular complexity index is 732. The van der Waals surface area contributed by atoms with Crippen molar-refractivity contribution < 1.29 is 13.5 Å². The summed E-state index contributed by atoms with van der Waals surface area (Å²) in [4.78, 5) is 0. The van der Waals surface area contributed by atoms with Crippen LogP contribution >= 0.6 is 0 Å². The van der Waals surface area contributed by atoms with Gasteiger partial charge in [-0.1, -0.05) is 54.6 Å². The van der Waals surface area contributed by atoms with E-state index in [1.54, 1.807) is 12.1 Å². The van der Waals surface area contributed by atoms with E-state index < -0.39 is 6.61 Å². The first kappa shape index (κ1) is 12.6. The van der Waals surface area contributed by atoms with Crippen molar-refractivity contribution in [2.75, 3.05) is 0 Å². The topological polar surface area (TPSA) is 9.23 Å². The molecule has 0 atom stereocenters. The maximum absolute atomic E-state index is 12.3. The average Bonchev–Trinajstić information content (AvgIpc) is 2.46. The van der Waals surface area contributed by atoms with Crippen LogP contribution in [0.5, 0.6) is 5.75 Å². The fourth-order valence-electron chi connectivity index (χ4n) is 2.32. The molecule has 0 spiro atoms. The van der Waals surface area contributed by atoms with Gasteiger partial charge in [0.15, 0.2) is 0 Å². The van der Waals surface area contributed by atoms with E-state index in [9.17, 15) is 8.78 Å². The van der Waals surface area contributed by atoms with Gasteiger partial charge >= 0.3 is 6.61 Å². The molecule has 0 bridgehead atoms. The maximum atomic E-state index is 12.3. The molecular weight excluding hydrogens is 258 g/mol. The highest BCUT2D eigenvalue weighted by atomic mass is 19.3. The molecule has 0 aliphatic heterocycles. The second-order valence-electron chi connectivity index (χ2n) is 4.43. The van der Waals surface area contributed by atoms with Gasteiger partial charge in [0, 0.05) is 0 Å². The van der Waals surface area contributed by atoms with E-state index >= 15 is 0 Å². The lowest BCUT2D eigenvalue weighted by atomic mass is 9.98. The van der Waals surface area contributed by atoms with Crippen LogP contribution in [0.15, 0.2) is 66.7 Å². The van der Waals surface area contributed by atoms with Crippen LogP contribution in [0.25, 0.3) is 21.9 Å². The predicted octanol–water partition coefficient (Wildman–Crippen LogP) is 5.11. The smallest absolute Gasteiger partial charge is 0.387 e. The van der Waals surface area contributed by atoms with E-state index in [-0.39, 0.29) is 5.75 Å². The fraction of sp³-hybridized carbons (Fsp3) is 0.0588. The largest absolute Gasteiger partial charge is 0.435 e. The molecule has 0 amide bonds. The number of alkyl halides is 2. The van der Waals surface area contributed by atoms with Crippen LogP contribution in [0, 0.1) is 0 Å². The summed E-state index contributed by atoms with van der Waals surface area (Å²) in [6.07, 6.45) is 0. The quantitative estimate of drug-likeness (QED) is 0.642. The van der Waals surface area contributed by atoms with Crippen LogP contribution in [0.1, 0.15) is 0 Å². The van der Waals surface area contributed by atoms with Crippen molar-refractivity contribution in [2.45, 2.75) is 6.61 Å². The average molecular weight is 270 g/mol. The molecule has 0 aliphatic carbocycles. The SMILES string of the molecule is FC(F)Oc1cccc(-c2cccc3ccccc23)c1. The van der Waals surface area contributed by atoms with Gasteiger partial charge in [-0.05, 0) is 34.0 Å². The minimum atomic E-state index is -2.81. The van der Waals surface area contributed by atoms with Crippen LogP contribution in [0.3, 0.4) is 0 Å². The molecule has 3 rings (SSSR count). The van der Waals surface area contributed by atoms with Crippen LogP contribution in [0.4, 0.5) is 8.78 Å². The van der Waals surface area contributed by atoms with Gasteiger partial charge in [0.1, 0.15) is 5.75 Å². The van der Waals surface area contributed by atoms with Crippen LogP contribution in [0.2, 0.25) is 0 Å². The molecular formula is C17H12F2O. The lowest BCUT2D eigenvalue weighted by Crippen LogP contribution is -2.01. The summed E-state index contributed by atoms with van der Waals surface area (Å²) in [5.41, 5.74) is 1.86. The van der Waals surface area contributed by atoms with Gasteiger partial charge in [-0.15, -0.1) is 0 Å². The molecule has 0 fully saturated rings. The highest BCUT2D eigenvalue weighted by molar-refractivity contribution is 5.96. The molecule has 0 radical (unpaired) electrons. The minimum Gasteiger partial charge on any atom is -0.435 e. The molecule has 0 saturated carbocycles. The summed E-state index contributed by atoms with van der Waals surface area (Å²) in [5.74, 6) is 0.172. The van der Waals surface area contributed by atoms with Crippen LogP contribution < -0.4 is 4.74 Å². The summed E-state index contributed by atoms with van der Waals surface area (Å²) in [7, 11) is 0. The van der Waals surface area contributed by atoms with Crippen molar-refractivity contribution in [2.24, 2.45) is 0 Å². The Morgan fingerprint density at radius 2 is 1.55 bits per heavy atom. The first-order valence-corrected chi connectivity index (χ1v) is 6.27. The van der Waals surface area contributed by atoms with E-state index in [0.717, 1.165) is 21.9 Å². The standard InChI is InChI=1S/C17H12F2O/c18-17(19)20-14-8-3-7-13(11-14)16-10-4-6-12-5-1-2-9-15(12)16/h1-11,17H. The summed E-state index contributed by atoms with van der Waals surface area (Å²) < 4.78 is 29.0. The number of ether oxygens (including phenoxy) is 1. The first-order valence-electron chi connectivity index (χ1n) is 6.27. The lowest BCUT2D eigenvalue weighted by molar-refractivity contribution is -0.0498. The second-order valence-corrected chi connectivity index (χ2v) is 4.43. The van der Waals surface area contributed by atoms with Gasteiger partial charge in [-0.25, -0.2) is 0 Å². The molecule has 100 valence electrons. The zero-order valence-electron chi connectivity index (χ0n) is 10.6. The monoisotopic (exact) mass is 270 g/mol. The second kappa shape index (κ2) is 5.29. The molecule has 0 saturated heterocycles. The molecule has 3 aromatic rings. The molecule has 20 heavy (non-hydrogen) atoms. The molecule has 0 unspecified atom stereocenters. The van der Waals surface area contributed by atoms with Gasteiger partial charge in [-0.2, -0.15) is 8.78 Å². The Morgan fingerprint density at radius 3 is 2.40 bits per heavy atom. The number of rotatable bonds is 3. The number of hydrogen-bond donors (Lipinski definition) is 0. The Kier molecular flexibility index (Phi) is 3.33. The van der Waals surface area contributed by atoms with E-state index in [0.29, 0.717) is 0 Å². The van der Waals surface area contributed by atoms with Crippen LogP contribution in [-0.4, -0.2) is 6.61 Å². The molecule has 0 aromatic heterocycles. The lowest BCUT2D eigenvalue weighted by Gasteiger charge is -2.09. The third kappa shape index (κ3) is 2.48. The maximum Gasteiger partial charge on any atom is 0.387 e. The van der Waals surface area contributed by atoms with Crippen LogP contribution in [-0.2, 0) is 0 Å². The number of benzene rings is 3. The Morgan fingerprint density at radius 1 is 0.800 bits per heavy atom. The van der Waals surface area contributed by atoms with E-state index in [1.807, 2.05) is 48.5 Å². The Hall–Kier alpha value is -2.42. The van der Waals surface area contributed by atoms with Gasteiger partial charge in [0.2, 0.25) is 0 Å². The molecule has 1 nitrogen and oxygen atoms in total. The van der Waals surface area contributed by atoms with Gasteiger partial charge < -0.3 is 4.74 Å². The van der Waals surface area contributed by atoms with Crippen molar-refractivity contribution in [3.05, 3.63) is 66.7 Å². The third-order valence-electron chi connectivity index (χ3n) is 3.16.